The number of ether oxygens (including phenoxy) is 2. The number of amides is 1. The zero-order valence-electron chi connectivity index (χ0n) is 24.3. The van der Waals surface area contributed by atoms with Crippen molar-refractivity contribution in [2.45, 2.75) is 46.8 Å². The molecule has 7 nitrogen and oxygen atoms in total. The highest BCUT2D eigenvalue weighted by molar-refractivity contribution is 7.07. The summed E-state index contributed by atoms with van der Waals surface area (Å²) in [5.41, 5.74) is 2.54. The van der Waals surface area contributed by atoms with E-state index in [9.17, 15) is 9.59 Å². The zero-order valence-corrected chi connectivity index (χ0v) is 25.1. The molecule has 8 heteroatoms. The molecule has 0 aliphatic carbocycles. The first-order chi connectivity index (χ1) is 19.8. The Hall–Kier alpha value is -4.17. The lowest BCUT2D eigenvalue weighted by atomic mass is 9.94. The summed E-state index contributed by atoms with van der Waals surface area (Å²) in [6.45, 7) is 10.9. The third kappa shape index (κ3) is 5.20. The van der Waals surface area contributed by atoms with Gasteiger partial charge in [0.15, 0.2) is 4.80 Å². The van der Waals surface area contributed by atoms with Crippen molar-refractivity contribution >= 4 is 34.1 Å². The molecule has 0 N–H and O–H groups in total. The molecule has 0 spiro atoms. The van der Waals surface area contributed by atoms with Gasteiger partial charge in [0.05, 0.1) is 29.0 Å². The molecule has 4 aromatic rings. The Bertz CT molecular complexity index is 1830. The SMILES string of the molecule is CCN(CC)C(=O)C1=C(C)N=c2s/c(=C/c3ccc(OC(C)C)c4ccccc34)c(=O)n2[C@@H]1c1ccccc1OC. The average molecular weight is 570 g/mol. The fraction of sp³-hybridized carbons (Fsp3) is 0.303. The minimum atomic E-state index is -0.670. The smallest absolute Gasteiger partial charge is 0.271 e. The van der Waals surface area contributed by atoms with Crippen molar-refractivity contribution in [3.63, 3.8) is 0 Å². The van der Waals surface area contributed by atoms with E-state index in [1.165, 1.54) is 11.3 Å². The van der Waals surface area contributed by atoms with E-state index in [2.05, 4.69) is 0 Å². The lowest BCUT2D eigenvalue weighted by Crippen LogP contribution is -2.43. The van der Waals surface area contributed by atoms with Crippen LogP contribution in [0.2, 0.25) is 0 Å². The molecule has 212 valence electrons. The molecule has 0 bridgehead atoms. The Morgan fingerprint density at radius 1 is 1.02 bits per heavy atom. The molecule has 41 heavy (non-hydrogen) atoms. The van der Waals surface area contributed by atoms with Gasteiger partial charge >= 0.3 is 0 Å². The Labute approximate surface area is 243 Å². The standard InChI is InChI=1S/C33H35N3O4S/c1-7-35(8-2)32(38)29-21(5)34-33-36(30(29)25-15-11-12-16-26(25)39-6)31(37)28(41-33)19-22-17-18-27(40-20(3)4)24-14-10-9-13-23(22)24/h9-20,30H,7-8H2,1-6H3/b28-19+/t30-/m1/s1. The fourth-order valence-electron chi connectivity index (χ4n) is 5.38. The first-order valence-corrected chi connectivity index (χ1v) is 14.7. The van der Waals surface area contributed by atoms with Gasteiger partial charge in [0.1, 0.15) is 17.5 Å². The van der Waals surface area contributed by atoms with Crippen LogP contribution in [0.15, 0.2) is 81.7 Å². The van der Waals surface area contributed by atoms with Crippen molar-refractivity contribution in [3.8, 4) is 11.5 Å². The summed E-state index contributed by atoms with van der Waals surface area (Å²) in [6.07, 6.45) is 1.95. The van der Waals surface area contributed by atoms with Gasteiger partial charge in [-0.2, -0.15) is 0 Å². The molecular weight excluding hydrogens is 534 g/mol. The normalized spacial score (nSPS) is 15.2. The maximum absolute atomic E-state index is 14.2. The highest BCUT2D eigenvalue weighted by Crippen LogP contribution is 2.36. The van der Waals surface area contributed by atoms with E-state index in [-0.39, 0.29) is 17.6 Å². The van der Waals surface area contributed by atoms with Crippen LogP contribution in [0.1, 0.15) is 51.8 Å². The topological polar surface area (TPSA) is 73.1 Å². The van der Waals surface area contributed by atoms with Crippen LogP contribution in [-0.2, 0) is 4.79 Å². The number of thiazole rings is 1. The number of rotatable bonds is 8. The number of allylic oxidation sites excluding steroid dienone is 1. The van der Waals surface area contributed by atoms with Crippen molar-refractivity contribution < 1.29 is 14.3 Å². The van der Waals surface area contributed by atoms with Crippen LogP contribution in [0.3, 0.4) is 0 Å². The van der Waals surface area contributed by atoms with E-state index in [1.807, 2.05) is 101 Å². The molecule has 5 rings (SSSR count). The number of benzene rings is 3. The minimum absolute atomic E-state index is 0.0411. The lowest BCUT2D eigenvalue weighted by Gasteiger charge is -2.29. The summed E-state index contributed by atoms with van der Waals surface area (Å²) < 4.78 is 13.9. The van der Waals surface area contributed by atoms with Crippen molar-refractivity contribution in [2.24, 2.45) is 4.99 Å². The number of likely N-dealkylation sites (N-methyl/N-ethyl adjacent to an activating group) is 1. The van der Waals surface area contributed by atoms with Crippen LogP contribution in [0.4, 0.5) is 0 Å². The molecule has 0 saturated heterocycles. The third-order valence-corrected chi connectivity index (χ3v) is 8.29. The van der Waals surface area contributed by atoms with Gasteiger partial charge < -0.3 is 14.4 Å². The Morgan fingerprint density at radius 3 is 2.39 bits per heavy atom. The summed E-state index contributed by atoms with van der Waals surface area (Å²) in [4.78, 5) is 35.2. The van der Waals surface area contributed by atoms with Crippen molar-refractivity contribution in [2.75, 3.05) is 20.2 Å². The second-order valence-corrected chi connectivity index (χ2v) is 11.2. The van der Waals surface area contributed by atoms with Crippen LogP contribution in [0.5, 0.6) is 11.5 Å². The summed E-state index contributed by atoms with van der Waals surface area (Å²) in [5, 5.41) is 1.98. The molecule has 0 fully saturated rings. The summed E-state index contributed by atoms with van der Waals surface area (Å²) in [6, 6.07) is 18.8. The number of para-hydroxylation sites is 1. The van der Waals surface area contributed by atoms with E-state index < -0.39 is 6.04 Å². The number of aromatic nitrogens is 1. The highest BCUT2D eigenvalue weighted by atomic mass is 32.1. The molecule has 1 aliphatic rings. The van der Waals surface area contributed by atoms with Gasteiger partial charge in [-0.25, -0.2) is 4.99 Å². The molecule has 0 radical (unpaired) electrons. The van der Waals surface area contributed by atoms with Crippen LogP contribution >= 0.6 is 11.3 Å². The van der Waals surface area contributed by atoms with Gasteiger partial charge in [0, 0.05) is 24.0 Å². The molecule has 1 aliphatic heterocycles. The number of carbonyl (C=O) groups is 1. The van der Waals surface area contributed by atoms with E-state index in [1.54, 1.807) is 16.6 Å². The third-order valence-electron chi connectivity index (χ3n) is 7.30. The summed E-state index contributed by atoms with van der Waals surface area (Å²) in [7, 11) is 1.60. The molecule has 0 unspecified atom stereocenters. The van der Waals surface area contributed by atoms with Gasteiger partial charge in [-0.1, -0.05) is 59.9 Å². The zero-order chi connectivity index (χ0) is 29.3. The van der Waals surface area contributed by atoms with Crippen molar-refractivity contribution in [3.05, 3.63) is 103 Å². The summed E-state index contributed by atoms with van der Waals surface area (Å²) >= 11 is 1.33. The average Bonchev–Trinajstić information content (AvgIpc) is 3.27. The lowest BCUT2D eigenvalue weighted by molar-refractivity contribution is -0.127. The molecule has 2 heterocycles. The number of methoxy groups -OCH3 is 1. The predicted octanol–water partition coefficient (Wildman–Crippen LogP) is 5.05. The number of fused-ring (bicyclic) bond motifs is 2. The van der Waals surface area contributed by atoms with Crippen LogP contribution < -0.4 is 24.4 Å². The first kappa shape index (κ1) is 28.4. The van der Waals surface area contributed by atoms with Gasteiger partial charge in [-0.05, 0) is 63.8 Å². The Kier molecular flexibility index (Phi) is 8.13. The number of hydrogen-bond donors (Lipinski definition) is 0. The second kappa shape index (κ2) is 11.7. The van der Waals surface area contributed by atoms with Crippen LogP contribution in [0, 0.1) is 0 Å². The minimum Gasteiger partial charge on any atom is -0.496 e. The number of nitrogens with zero attached hydrogens (tertiary/aromatic N) is 3. The predicted molar refractivity (Wildman–Crippen MR) is 164 cm³/mol. The largest absolute Gasteiger partial charge is 0.496 e. The van der Waals surface area contributed by atoms with Gasteiger partial charge in [-0.15, -0.1) is 0 Å². The molecule has 3 aromatic carbocycles. The first-order valence-electron chi connectivity index (χ1n) is 13.9. The van der Waals surface area contributed by atoms with Crippen LogP contribution in [-0.4, -0.2) is 41.7 Å². The van der Waals surface area contributed by atoms with Crippen LogP contribution in [0.25, 0.3) is 16.8 Å². The molecule has 0 saturated carbocycles. The quantitative estimate of drug-likeness (QED) is 0.298. The van der Waals surface area contributed by atoms with E-state index in [0.29, 0.717) is 39.4 Å². The number of carbonyl (C=O) groups excluding carboxylic acids is 1. The van der Waals surface area contributed by atoms with E-state index in [4.69, 9.17) is 14.5 Å². The second-order valence-electron chi connectivity index (χ2n) is 10.2. The monoisotopic (exact) mass is 569 g/mol. The summed E-state index contributed by atoms with van der Waals surface area (Å²) in [5.74, 6) is 1.28. The van der Waals surface area contributed by atoms with Crippen molar-refractivity contribution in [1.29, 1.82) is 0 Å². The van der Waals surface area contributed by atoms with Crippen molar-refractivity contribution in [1.82, 2.24) is 9.47 Å². The maximum Gasteiger partial charge on any atom is 0.271 e. The number of hydrogen-bond acceptors (Lipinski definition) is 6. The molecule has 1 amide bonds. The Balaban J connectivity index is 1.75. The molecule has 1 aromatic heterocycles. The van der Waals surface area contributed by atoms with Gasteiger partial charge in [0.2, 0.25) is 0 Å². The van der Waals surface area contributed by atoms with E-state index in [0.717, 1.165) is 27.6 Å². The van der Waals surface area contributed by atoms with Gasteiger partial charge in [-0.3, -0.25) is 14.2 Å². The maximum atomic E-state index is 14.2. The molecular formula is C33H35N3O4S. The highest BCUT2D eigenvalue weighted by Gasteiger charge is 2.35. The Morgan fingerprint density at radius 2 is 1.71 bits per heavy atom. The van der Waals surface area contributed by atoms with Gasteiger partial charge in [0.25, 0.3) is 11.5 Å². The fourth-order valence-corrected chi connectivity index (χ4v) is 6.42. The molecule has 1 atom stereocenters. The van der Waals surface area contributed by atoms with E-state index >= 15 is 0 Å².